The third kappa shape index (κ3) is 7.04. The number of methoxy groups -OCH3 is 2. The van der Waals surface area contributed by atoms with Gasteiger partial charge in [0.2, 0.25) is 5.88 Å². The summed E-state index contributed by atoms with van der Waals surface area (Å²) in [5.74, 6) is -3.57. The molecule has 0 saturated heterocycles. The fraction of sp³-hybridized carbons (Fsp3) is 0.286. The fourth-order valence-corrected chi connectivity index (χ4v) is 3.03. The molecule has 0 atom stereocenters. The highest BCUT2D eigenvalue weighted by Gasteiger charge is 2.38. The minimum atomic E-state index is -5.08. The summed E-state index contributed by atoms with van der Waals surface area (Å²) in [5, 5.41) is 40.0. The van der Waals surface area contributed by atoms with E-state index in [4.69, 9.17) is 34.3 Å². The van der Waals surface area contributed by atoms with Crippen LogP contribution >= 0.6 is 0 Å². The van der Waals surface area contributed by atoms with Gasteiger partial charge in [-0.1, -0.05) is 0 Å². The second kappa shape index (κ2) is 11.7. The van der Waals surface area contributed by atoms with Gasteiger partial charge in [-0.3, -0.25) is 9.59 Å². The molecule has 0 bridgehead atoms. The quantitative estimate of drug-likeness (QED) is 0.285. The molecule has 0 fully saturated rings. The lowest BCUT2D eigenvalue weighted by atomic mass is 9.98. The molecule has 1 aromatic carbocycles. The highest BCUT2D eigenvalue weighted by Crippen LogP contribution is 2.45. The number of fused-ring (bicyclic) bond motifs is 2. The van der Waals surface area contributed by atoms with Crippen molar-refractivity contribution in [2.45, 2.75) is 12.6 Å². The number of benzene rings is 1. The zero-order valence-corrected chi connectivity index (χ0v) is 19.1. The Kier molecular flexibility index (Phi) is 8.92. The van der Waals surface area contributed by atoms with Gasteiger partial charge < -0.3 is 40.2 Å². The molecule has 0 aliphatic carbocycles. The molecule has 0 unspecified atom stereocenters. The zero-order valence-electron chi connectivity index (χ0n) is 19.1. The van der Waals surface area contributed by atoms with Crippen molar-refractivity contribution in [2.24, 2.45) is 0 Å². The second-order valence-electron chi connectivity index (χ2n) is 7.00. The van der Waals surface area contributed by atoms with Crippen LogP contribution in [0.15, 0.2) is 12.1 Å². The molecule has 0 amide bonds. The number of alkyl halides is 3. The van der Waals surface area contributed by atoms with E-state index in [0.717, 1.165) is 5.56 Å². The minimum Gasteiger partial charge on any atom is -0.493 e. The van der Waals surface area contributed by atoms with Crippen molar-refractivity contribution >= 4 is 29.4 Å². The minimum absolute atomic E-state index is 0.0104. The van der Waals surface area contributed by atoms with Gasteiger partial charge in [0.05, 0.1) is 19.9 Å². The summed E-state index contributed by atoms with van der Waals surface area (Å²) in [4.78, 5) is 35.2. The highest BCUT2D eigenvalue weighted by molar-refractivity contribution is 5.81. The first-order valence-electron chi connectivity index (χ1n) is 9.93. The molecule has 1 aliphatic rings. The number of anilines is 2. The highest BCUT2D eigenvalue weighted by atomic mass is 19.4. The Morgan fingerprint density at radius 3 is 2.11 bits per heavy atom. The van der Waals surface area contributed by atoms with E-state index in [0.29, 0.717) is 22.8 Å². The lowest BCUT2D eigenvalue weighted by molar-refractivity contribution is -0.192. The van der Waals surface area contributed by atoms with Gasteiger partial charge in [-0.25, -0.2) is 4.79 Å². The van der Waals surface area contributed by atoms with E-state index < -0.39 is 37.2 Å². The lowest BCUT2D eigenvalue weighted by Gasteiger charge is -2.25. The summed E-state index contributed by atoms with van der Waals surface area (Å²) in [6.45, 7) is -0.942. The molecule has 0 saturated carbocycles. The van der Waals surface area contributed by atoms with Crippen LogP contribution in [0.5, 0.6) is 23.1 Å². The predicted molar refractivity (Wildman–Crippen MR) is 117 cm³/mol. The van der Waals surface area contributed by atoms with Crippen LogP contribution in [0.1, 0.15) is 16.7 Å². The smallest absolute Gasteiger partial charge is 0.490 e. The number of carbonyl (C=O) groups is 3. The number of aromatic nitrogens is 1. The first-order valence-corrected chi connectivity index (χ1v) is 9.93. The molecule has 198 valence electrons. The standard InChI is InChI=1S/C19H18N4O7.C2HF3O2/c1-28-13-4-9-3-10-17(21-7-15(24)25)11(6-20)18(22-8-16(26)27)23-19(10)30-12(9)5-14(13)29-2;3-2(4,5)1(6)7/h4-5H,3,7-8H2,1-2H3,(H,24,25)(H,26,27)(H2,21,22,23);(H,6,7). The van der Waals surface area contributed by atoms with Crippen LogP contribution in [0, 0.1) is 11.3 Å². The Bertz CT molecular complexity index is 1260. The number of rotatable bonds is 8. The van der Waals surface area contributed by atoms with Crippen molar-refractivity contribution in [3.8, 4) is 29.2 Å². The van der Waals surface area contributed by atoms with Gasteiger partial charge >= 0.3 is 24.1 Å². The van der Waals surface area contributed by atoms with Crippen molar-refractivity contribution in [2.75, 3.05) is 37.9 Å². The molecule has 0 spiro atoms. The summed E-state index contributed by atoms with van der Waals surface area (Å²) in [5.41, 5.74) is 1.38. The van der Waals surface area contributed by atoms with Crippen LogP contribution in [0.25, 0.3) is 0 Å². The van der Waals surface area contributed by atoms with Gasteiger partial charge in [-0.15, -0.1) is 0 Å². The fourth-order valence-electron chi connectivity index (χ4n) is 3.03. The number of nitrogens with one attached hydrogen (secondary N) is 2. The van der Waals surface area contributed by atoms with Crippen LogP contribution < -0.4 is 24.8 Å². The van der Waals surface area contributed by atoms with E-state index in [1.54, 1.807) is 12.1 Å². The van der Waals surface area contributed by atoms with Crippen molar-refractivity contribution in [1.29, 1.82) is 5.26 Å². The number of pyridine rings is 1. The molecule has 0 radical (unpaired) electrons. The van der Waals surface area contributed by atoms with Crippen LogP contribution in [-0.4, -0.2) is 71.7 Å². The number of hydrogen-bond acceptors (Lipinski definition) is 10. The van der Waals surface area contributed by atoms with Gasteiger partial charge in [-0.2, -0.15) is 23.4 Å². The number of hydrogen-bond donors (Lipinski definition) is 5. The molecular weight excluding hydrogens is 509 g/mol. The molecule has 5 N–H and O–H groups in total. The van der Waals surface area contributed by atoms with Crippen molar-refractivity contribution in [1.82, 2.24) is 4.98 Å². The Morgan fingerprint density at radius 2 is 1.62 bits per heavy atom. The average Bonchev–Trinajstić information content (AvgIpc) is 2.83. The van der Waals surface area contributed by atoms with E-state index in [9.17, 15) is 28.0 Å². The molecular formula is C21H19F3N4O9. The number of ether oxygens (including phenoxy) is 3. The van der Waals surface area contributed by atoms with E-state index in [-0.39, 0.29) is 29.4 Å². The van der Waals surface area contributed by atoms with Crippen molar-refractivity contribution in [3.05, 3.63) is 28.8 Å². The number of nitrogens with zero attached hydrogens (tertiary/aromatic N) is 2. The molecule has 3 rings (SSSR count). The number of aliphatic carboxylic acids is 3. The van der Waals surface area contributed by atoms with Crippen LogP contribution in [0.4, 0.5) is 24.7 Å². The number of carboxylic acids is 3. The summed E-state index contributed by atoms with van der Waals surface area (Å²) in [6.07, 6.45) is -4.81. The Balaban J connectivity index is 0.000000604. The Hall–Kier alpha value is -4.94. The van der Waals surface area contributed by atoms with Crippen molar-refractivity contribution < 1.29 is 57.1 Å². The Labute approximate surface area is 206 Å². The summed E-state index contributed by atoms with van der Waals surface area (Å²) in [6, 6.07) is 5.31. The van der Waals surface area contributed by atoms with Gasteiger partial charge in [0.1, 0.15) is 30.5 Å². The maximum atomic E-state index is 11.1. The molecule has 1 aliphatic heterocycles. The molecule has 13 nitrogen and oxygen atoms in total. The van der Waals surface area contributed by atoms with Crippen molar-refractivity contribution in [3.63, 3.8) is 0 Å². The SMILES string of the molecule is COc1cc2c(cc1OC)Oc1nc(NCC(=O)O)c(C#N)c(NCC(=O)O)c1C2.O=C(O)C(F)(F)F. The lowest BCUT2D eigenvalue weighted by Crippen LogP contribution is -2.21. The number of nitriles is 1. The monoisotopic (exact) mass is 528 g/mol. The van der Waals surface area contributed by atoms with Gasteiger partial charge in [0.15, 0.2) is 17.3 Å². The second-order valence-corrected chi connectivity index (χ2v) is 7.00. The maximum Gasteiger partial charge on any atom is 0.490 e. The van der Waals surface area contributed by atoms with Crippen LogP contribution in [-0.2, 0) is 20.8 Å². The number of carboxylic acid groups (broad SMARTS) is 3. The first kappa shape index (κ1) is 28.3. The van der Waals surface area contributed by atoms with E-state index in [2.05, 4.69) is 15.6 Å². The summed E-state index contributed by atoms with van der Waals surface area (Å²) >= 11 is 0. The largest absolute Gasteiger partial charge is 0.493 e. The van der Waals surface area contributed by atoms with Gasteiger partial charge in [0.25, 0.3) is 0 Å². The molecule has 37 heavy (non-hydrogen) atoms. The maximum absolute atomic E-state index is 11.1. The van der Waals surface area contributed by atoms with E-state index >= 15 is 0 Å². The Morgan fingerprint density at radius 1 is 1.08 bits per heavy atom. The predicted octanol–water partition coefficient (Wildman–Crippen LogP) is 2.29. The molecule has 1 aromatic heterocycles. The molecule has 2 heterocycles. The number of halogens is 3. The first-order chi connectivity index (χ1) is 17.3. The average molecular weight is 528 g/mol. The summed E-state index contributed by atoms with van der Waals surface area (Å²) < 4.78 is 48.2. The normalized spacial score (nSPS) is 11.2. The zero-order chi connectivity index (χ0) is 27.9. The van der Waals surface area contributed by atoms with Crippen LogP contribution in [0.2, 0.25) is 0 Å². The third-order valence-corrected chi connectivity index (χ3v) is 4.58. The van der Waals surface area contributed by atoms with Gasteiger partial charge in [-0.05, 0) is 6.07 Å². The summed E-state index contributed by atoms with van der Waals surface area (Å²) in [7, 11) is 2.98. The molecule has 2 aromatic rings. The third-order valence-electron chi connectivity index (χ3n) is 4.58. The molecule has 16 heteroatoms. The van der Waals surface area contributed by atoms with E-state index in [1.807, 2.05) is 6.07 Å². The van der Waals surface area contributed by atoms with E-state index in [1.165, 1.54) is 14.2 Å². The van der Waals surface area contributed by atoms with Gasteiger partial charge in [0, 0.05) is 23.6 Å². The topological polar surface area (TPSA) is 200 Å². The van der Waals surface area contributed by atoms with Crippen LogP contribution in [0.3, 0.4) is 0 Å².